The zero-order valence-electron chi connectivity index (χ0n) is 27.9. The van der Waals surface area contributed by atoms with E-state index < -0.39 is 7.92 Å². The van der Waals surface area contributed by atoms with Gasteiger partial charge in [0.15, 0.2) is 0 Å². The molecular formula is C45H33N4PS. The second-order valence-corrected chi connectivity index (χ2v) is 16.4. The molecule has 1 aliphatic rings. The van der Waals surface area contributed by atoms with Crippen LogP contribution in [0.3, 0.4) is 0 Å². The van der Waals surface area contributed by atoms with Gasteiger partial charge >= 0.3 is 0 Å². The fraction of sp³-hybridized carbons (Fsp3) is 0.0667. The Morgan fingerprint density at radius 3 is 1.90 bits per heavy atom. The van der Waals surface area contributed by atoms with Crippen LogP contribution in [-0.4, -0.2) is 19.3 Å². The van der Waals surface area contributed by atoms with Gasteiger partial charge in [-0.2, -0.15) is 5.10 Å². The quantitative estimate of drug-likeness (QED) is 0.163. The highest BCUT2D eigenvalue weighted by Gasteiger charge is 2.21. The maximum Gasteiger partial charge on any atom is 0.100 e. The number of nitrogens with zero attached hydrogens (tertiary/aromatic N) is 4. The molecule has 0 bridgehead atoms. The lowest BCUT2D eigenvalue weighted by molar-refractivity contribution is 0.591. The molecule has 9 aromatic rings. The van der Waals surface area contributed by atoms with Crippen LogP contribution >= 0.6 is 19.3 Å². The lowest BCUT2D eigenvalue weighted by Gasteiger charge is -2.20. The molecule has 6 heteroatoms. The van der Waals surface area contributed by atoms with Gasteiger partial charge in [-0.25, -0.2) is 4.98 Å². The van der Waals surface area contributed by atoms with Crippen molar-refractivity contribution in [3.8, 4) is 39.3 Å². The van der Waals surface area contributed by atoms with E-state index >= 15 is 0 Å². The number of hydrogen-bond acceptors (Lipinski definition) is 3. The summed E-state index contributed by atoms with van der Waals surface area (Å²) < 4.78 is 6.96. The fourth-order valence-electron chi connectivity index (χ4n) is 7.54. The summed E-state index contributed by atoms with van der Waals surface area (Å²) in [6.45, 7) is 0.920. The number of hydrogen-bond donors (Lipinski definition) is 0. The maximum atomic E-state index is 4.85. The minimum Gasteiger partial charge on any atom is -0.297 e. The van der Waals surface area contributed by atoms with Crippen molar-refractivity contribution in [2.45, 2.75) is 19.4 Å². The SMILES string of the molecule is c1ccc(P(c2ccccc2)c2cccc(-c3ccc4sc5ccc(-c6cccc(-n7cnc8c7-c7ccnn7CCC8)c6)cc5c4c3)c2)cc1. The van der Waals surface area contributed by atoms with Crippen molar-refractivity contribution >= 4 is 55.3 Å². The molecule has 0 radical (unpaired) electrons. The molecule has 244 valence electrons. The zero-order valence-corrected chi connectivity index (χ0v) is 29.6. The number of aromatic nitrogens is 4. The number of rotatable bonds is 6. The molecule has 0 fully saturated rings. The lowest BCUT2D eigenvalue weighted by atomic mass is 10.00. The number of aryl methyl sites for hydroxylation is 2. The van der Waals surface area contributed by atoms with E-state index in [1.165, 1.54) is 58.3 Å². The second-order valence-electron chi connectivity index (χ2n) is 13.1. The molecule has 0 saturated carbocycles. The molecule has 3 aromatic heterocycles. The van der Waals surface area contributed by atoms with Gasteiger partial charge in [-0.15, -0.1) is 11.3 Å². The zero-order chi connectivity index (χ0) is 33.7. The van der Waals surface area contributed by atoms with Crippen LogP contribution in [0.4, 0.5) is 0 Å². The van der Waals surface area contributed by atoms with E-state index in [1.54, 1.807) is 0 Å². The van der Waals surface area contributed by atoms with Crippen LogP contribution in [0.5, 0.6) is 0 Å². The molecular weight excluding hydrogens is 660 g/mol. The first-order valence-electron chi connectivity index (χ1n) is 17.4. The smallest absolute Gasteiger partial charge is 0.100 e. The van der Waals surface area contributed by atoms with Crippen molar-refractivity contribution in [2.24, 2.45) is 0 Å². The van der Waals surface area contributed by atoms with Crippen LogP contribution < -0.4 is 15.9 Å². The third kappa shape index (κ3) is 5.41. The Bertz CT molecular complexity index is 2650. The first-order chi connectivity index (χ1) is 25.3. The fourth-order valence-corrected chi connectivity index (χ4v) is 10.9. The summed E-state index contributed by atoms with van der Waals surface area (Å²) in [4.78, 5) is 4.85. The topological polar surface area (TPSA) is 35.6 Å². The molecule has 10 rings (SSSR count). The molecule has 1 aliphatic heterocycles. The summed E-state index contributed by atoms with van der Waals surface area (Å²) in [7, 11) is -0.675. The summed E-state index contributed by atoms with van der Waals surface area (Å²) in [5.74, 6) is 0. The normalized spacial score (nSPS) is 12.6. The predicted molar refractivity (Wildman–Crippen MR) is 216 cm³/mol. The molecule has 51 heavy (non-hydrogen) atoms. The Hall–Kier alpha value is -5.61. The predicted octanol–water partition coefficient (Wildman–Crippen LogP) is 10.1. The van der Waals surface area contributed by atoms with Crippen molar-refractivity contribution in [1.29, 1.82) is 0 Å². The first kappa shape index (κ1) is 30.2. The lowest BCUT2D eigenvalue weighted by Crippen LogP contribution is -2.20. The van der Waals surface area contributed by atoms with Gasteiger partial charge in [0.25, 0.3) is 0 Å². The van der Waals surface area contributed by atoms with E-state index in [0.29, 0.717) is 0 Å². The van der Waals surface area contributed by atoms with Crippen LogP contribution in [0.2, 0.25) is 0 Å². The molecule has 0 spiro atoms. The average molecular weight is 693 g/mol. The average Bonchev–Trinajstić information content (AvgIpc) is 3.90. The highest BCUT2D eigenvalue weighted by molar-refractivity contribution is 7.79. The molecule has 0 amide bonds. The Balaban J connectivity index is 1.03. The highest BCUT2D eigenvalue weighted by atomic mass is 32.1. The standard InChI is InChI=1S/C45H33N4PS/c1-3-13-36(14-4-1)50(37-15-5-2-6-16-37)38-17-8-11-32(27-38)34-20-22-44-40(29-34)39-28-33(19-21-43(39)51-44)31-10-7-12-35(26-31)48-30-46-41-18-9-25-49-42(45(41)48)23-24-47-49/h1-8,10-17,19-24,26-30H,9,18,25H2. The summed E-state index contributed by atoms with van der Waals surface area (Å²) >= 11 is 1.87. The summed E-state index contributed by atoms with van der Waals surface area (Å²) in [5, 5.41) is 11.3. The summed E-state index contributed by atoms with van der Waals surface area (Å²) in [6.07, 6.45) is 5.87. The van der Waals surface area contributed by atoms with Crippen LogP contribution in [0.1, 0.15) is 12.1 Å². The maximum absolute atomic E-state index is 4.85. The van der Waals surface area contributed by atoms with E-state index in [2.05, 4.69) is 166 Å². The molecule has 0 atom stereocenters. The molecule has 0 saturated heterocycles. The van der Waals surface area contributed by atoms with Gasteiger partial charge in [-0.05, 0) is 107 Å². The number of thiophene rings is 1. The van der Waals surface area contributed by atoms with Crippen LogP contribution in [-0.2, 0) is 13.0 Å². The van der Waals surface area contributed by atoms with Crippen LogP contribution in [0.15, 0.2) is 164 Å². The van der Waals surface area contributed by atoms with E-state index in [0.717, 1.165) is 42.2 Å². The minimum absolute atomic E-state index is 0.675. The van der Waals surface area contributed by atoms with E-state index in [4.69, 9.17) is 4.98 Å². The van der Waals surface area contributed by atoms with Crippen LogP contribution in [0, 0.1) is 0 Å². The Morgan fingerprint density at radius 2 is 1.20 bits per heavy atom. The van der Waals surface area contributed by atoms with Gasteiger partial charge < -0.3 is 0 Å². The largest absolute Gasteiger partial charge is 0.297 e. The number of fused-ring (bicyclic) bond motifs is 6. The van der Waals surface area contributed by atoms with Crippen molar-refractivity contribution in [1.82, 2.24) is 19.3 Å². The molecule has 4 heterocycles. The van der Waals surface area contributed by atoms with E-state index in [9.17, 15) is 0 Å². The van der Waals surface area contributed by atoms with E-state index in [1.807, 2.05) is 23.9 Å². The minimum atomic E-state index is -0.675. The van der Waals surface area contributed by atoms with Gasteiger partial charge in [-0.1, -0.05) is 103 Å². The van der Waals surface area contributed by atoms with Crippen molar-refractivity contribution in [2.75, 3.05) is 0 Å². The van der Waals surface area contributed by atoms with Gasteiger partial charge in [-0.3, -0.25) is 9.25 Å². The molecule has 0 unspecified atom stereocenters. The van der Waals surface area contributed by atoms with Gasteiger partial charge in [0.2, 0.25) is 0 Å². The summed E-state index contributed by atoms with van der Waals surface area (Å²) in [6, 6.07) is 55.9. The van der Waals surface area contributed by atoms with Gasteiger partial charge in [0.05, 0.1) is 17.1 Å². The van der Waals surface area contributed by atoms with Crippen LogP contribution in [0.25, 0.3) is 59.5 Å². The Labute approximate surface area is 302 Å². The Morgan fingerprint density at radius 1 is 0.569 bits per heavy atom. The first-order valence-corrected chi connectivity index (χ1v) is 19.6. The number of imidazole rings is 1. The molecule has 4 nitrogen and oxygen atoms in total. The third-order valence-electron chi connectivity index (χ3n) is 9.98. The molecule has 0 N–H and O–H groups in total. The number of benzene rings is 6. The van der Waals surface area contributed by atoms with Crippen molar-refractivity contribution < 1.29 is 0 Å². The van der Waals surface area contributed by atoms with Crippen molar-refractivity contribution in [3.63, 3.8) is 0 Å². The highest BCUT2D eigenvalue weighted by Crippen LogP contribution is 2.40. The second kappa shape index (κ2) is 12.6. The molecule has 0 aliphatic carbocycles. The van der Waals surface area contributed by atoms with Gasteiger partial charge in [0, 0.05) is 38.6 Å². The molecule has 6 aromatic carbocycles. The summed E-state index contributed by atoms with van der Waals surface area (Å²) in [5.41, 5.74) is 9.43. The Kier molecular flexibility index (Phi) is 7.48. The van der Waals surface area contributed by atoms with E-state index in [-0.39, 0.29) is 0 Å². The monoisotopic (exact) mass is 692 g/mol. The van der Waals surface area contributed by atoms with Gasteiger partial charge in [0.1, 0.15) is 6.33 Å². The van der Waals surface area contributed by atoms with Crippen molar-refractivity contribution in [3.05, 3.63) is 170 Å². The third-order valence-corrected chi connectivity index (χ3v) is 13.6.